The Balaban J connectivity index is 1.68. The van der Waals surface area contributed by atoms with Gasteiger partial charge in [0.15, 0.2) is 0 Å². The summed E-state index contributed by atoms with van der Waals surface area (Å²) in [6.07, 6.45) is 5.09. The zero-order valence-electron chi connectivity index (χ0n) is 15.0. The Morgan fingerprint density at radius 1 is 0.577 bits per heavy atom. The van der Waals surface area contributed by atoms with Crippen molar-refractivity contribution in [1.29, 1.82) is 0 Å². The molecular formula is C26H23. The van der Waals surface area contributed by atoms with Crippen LogP contribution in [0.4, 0.5) is 0 Å². The van der Waals surface area contributed by atoms with Crippen molar-refractivity contribution in [2.24, 2.45) is 0 Å². The Morgan fingerprint density at radius 3 is 2.08 bits per heavy atom. The van der Waals surface area contributed by atoms with Crippen molar-refractivity contribution in [3.05, 3.63) is 102 Å². The number of hydrogen-bond donors (Lipinski definition) is 0. The van der Waals surface area contributed by atoms with Crippen LogP contribution < -0.4 is 0 Å². The van der Waals surface area contributed by atoms with Crippen LogP contribution in [-0.4, -0.2) is 0 Å². The zero-order valence-corrected chi connectivity index (χ0v) is 15.0. The lowest BCUT2D eigenvalue weighted by Crippen LogP contribution is -2.17. The summed E-state index contributed by atoms with van der Waals surface area (Å²) in [5, 5.41) is 5.52. The van der Waals surface area contributed by atoms with Gasteiger partial charge in [-0.15, -0.1) is 0 Å². The van der Waals surface area contributed by atoms with Crippen molar-refractivity contribution in [2.75, 3.05) is 0 Å². The Labute approximate surface area is 155 Å². The molecule has 1 radical (unpaired) electrons. The molecular weight excluding hydrogens is 312 g/mol. The smallest absolute Gasteiger partial charge is 0.0131 e. The molecule has 1 aliphatic carbocycles. The van der Waals surface area contributed by atoms with Crippen molar-refractivity contribution in [3.8, 4) is 0 Å². The average molecular weight is 335 g/mol. The van der Waals surface area contributed by atoms with Gasteiger partial charge >= 0.3 is 0 Å². The van der Waals surface area contributed by atoms with Crippen LogP contribution in [0.15, 0.2) is 84.9 Å². The van der Waals surface area contributed by atoms with Gasteiger partial charge in [0.2, 0.25) is 0 Å². The molecule has 5 rings (SSSR count). The molecule has 4 aromatic carbocycles. The van der Waals surface area contributed by atoms with E-state index in [0.29, 0.717) is 5.92 Å². The molecule has 26 heavy (non-hydrogen) atoms. The van der Waals surface area contributed by atoms with Gasteiger partial charge in [-0.3, -0.25) is 0 Å². The molecule has 0 heteroatoms. The molecule has 1 atom stereocenters. The van der Waals surface area contributed by atoms with E-state index in [1.165, 1.54) is 58.4 Å². The third-order valence-electron chi connectivity index (χ3n) is 5.94. The molecule has 0 amide bonds. The molecule has 0 aliphatic heterocycles. The highest BCUT2D eigenvalue weighted by atomic mass is 14.3. The fourth-order valence-electron chi connectivity index (χ4n) is 4.74. The summed E-state index contributed by atoms with van der Waals surface area (Å²) in [6.45, 7) is 0. The van der Waals surface area contributed by atoms with E-state index in [0.717, 1.165) is 0 Å². The summed E-state index contributed by atoms with van der Waals surface area (Å²) < 4.78 is 0. The van der Waals surface area contributed by atoms with E-state index in [4.69, 9.17) is 0 Å². The Morgan fingerprint density at radius 2 is 1.23 bits per heavy atom. The minimum atomic E-state index is 0.528. The van der Waals surface area contributed by atoms with Gasteiger partial charge in [0.25, 0.3) is 0 Å². The minimum absolute atomic E-state index is 0.528. The topological polar surface area (TPSA) is 0 Å². The van der Waals surface area contributed by atoms with Crippen LogP contribution in [0.2, 0.25) is 0 Å². The van der Waals surface area contributed by atoms with Crippen LogP contribution in [0.25, 0.3) is 21.5 Å². The molecule has 127 valence electrons. The van der Waals surface area contributed by atoms with Gasteiger partial charge < -0.3 is 0 Å². The molecule has 0 heterocycles. The summed E-state index contributed by atoms with van der Waals surface area (Å²) in [6, 6.07) is 31.3. The third kappa shape index (κ3) is 2.61. The highest BCUT2D eigenvalue weighted by Crippen LogP contribution is 2.46. The van der Waals surface area contributed by atoms with Crippen molar-refractivity contribution in [2.45, 2.75) is 31.6 Å². The largest absolute Gasteiger partial charge is 0.0616 e. The summed E-state index contributed by atoms with van der Waals surface area (Å²) in [4.78, 5) is 0. The van der Waals surface area contributed by atoms with E-state index in [9.17, 15) is 0 Å². The van der Waals surface area contributed by atoms with E-state index >= 15 is 0 Å². The summed E-state index contributed by atoms with van der Waals surface area (Å²) >= 11 is 0. The lowest BCUT2D eigenvalue weighted by atomic mass is 9.70. The van der Waals surface area contributed by atoms with Gasteiger partial charge in [0.05, 0.1) is 0 Å². The van der Waals surface area contributed by atoms with Gasteiger partial charge in [-0.25, -0.2) is 0 Å². The Bertz CT molecular complexity index is 962. The molecule has 0 aromatic heterocycles. The number of fused-ring (bicyclic) bond motifs is 2. The van der Waals surface area contributed by atoms with Gasteiger partial charge in [0.1, 0.15) is 0 Å². The third-order valence-corrected chi connectivity index (χ3v) is 5.94. The predicted octanol–water partition coefficient (Wildman–Crippen LogP) is 7.27. The van der Waals surface area contributed by atoms with Crippen LogP contribution in [0, 0.1) is 5.92 Å². The van der Waals surface area contributed by atoms with Gasteiger partial charge in [-0.05, 0) is 51.4 Å². The molecule has 0 bridgehead atoms. The van der Waals surface area contributed by atoms with Crippen molar-refractivity contribution >= 4 is 21.5 Å². The fourth-order valence-corrected chi connectivity index (χ4v) is 4.74. The lowest BCUT2D eigenvalue weighted by Gasteiger charge is -2.33. The first-order valence-corrected chi connectivity index (χ1v) is 9.73. The SMILES string of the molecule is c1ccc2c([C]3CCCCC3c3cccc4ccccc34)cccc2c1. The molecule has 1 fully saturated rings. The molecule has 0 saturated heterocycles. The van der Waals surface area contributed by atoms with Crippen LogP contribution in [-0.2, 0) is 0 Å². The standard InChI is InChI=1S/C26H23/c1-3-13-21-19(9-1)11-7-17-23(21)25-15-5-6-16-26(25)24-18-8-12-20-10-2-4-14-22(20)24/h1-4,7-14,17-18,25H,5-6,15-16H2. The minimum Gasteiger partial charge on any atom is -0.0616 e. The van der Waals surface area contributed by atoms with E-state index in [2.05, 4.69) is 84.9 Å². The molecule has 1 aliphatic rings. The van der Waals surface area contributed by atoms with Crippen LogP contribution in [0.3, 0.4) is 0 Å². The van der Waals surface area contributed by atoms with Crippen LogP contribution >= 0.6 is 0 Å². The number of benzene rings is 4. The number of hydrogen-bond acceptors (Lipinski definition) is 0. The quantitative estimate of drug-likeness (QED) is 0.361. The second-order valence-corrected chi connectivity index (χ2v) is 7.42. The fraction of sp³-hybridized carbons (Fsp3) is 0.192. The van der Waals surface area contributed by atoms with Crippen molar-refractivity contribution in [1.82, 2.24) is 0 Å². The molecule has 0 nitrogen and oxygen atoms in total. The Kier molecular flexibility index (Phi) is 3.97. The first-order chi connectivity index (χ1) is 12.9. The van der Waals surface area contributed by atoms with Gasteiger partial charge in [0, 0.05) is 5.92 Å². The van der Waals surface area contributed by atoms with Gasteiger partial charge in [-0.1, -0.05) is 97.8 Å². The maximum absolute atomic E-state index is 2.35. The van der Waals surface area contributed by atoms with Gasteiger partial charge in [-0.2, -0.15) is 0 Å². The normalized spacial score (nSPS) is 18.4. The predicted molar refractivity (Wildman–Crippen MR) is 111 cm³/mol. The Hall–Kier alpha value is -2.60. The monoisotopic (exact) mass is 335 g/mol. The molecule has 4 aromatic rings. The highest BCUT2D eigenvalue weighted by molar-refractivity contribution is 5.89. The molecule has 1 saturated carbocycles. The van der Waals surface area contributed by atoms with E-state index in [-0.39, 0.29) is 0 Å². The maximum atomic E-state index is 2.35. The first kappa shape index (κ1) is 15.6. The number of rotatable bonds is 2. The maximum Gasteiger partial charge on any atom is 0.0131 e. The average Bonchev–Trinajstić information content (AvgIpc) is 2.73. The van der Waals surface area contributed by atoms with E-state index in [1.54, 1.807) is 5.92 Å². The first-order valence-electron chi connectivity index (χ1n) is 9.73. The van der Waals surface area contributed by atoms with Crippen LogP contribution in [0.5, 0.6) is 0 Å². The highest BCUT2D eigenvalue weighted by Gasteiger charge is 2.30. The second-order valence-electron chi connectivity index (χ2n) is 7.42. The summed E-state index contributed by atoms with van der Waals surface area (Å²) in [5.74, 6) is 2.16. The molecule has 0 N–H and O–H groups in total. The molecule has 1 unspecified atom stereocenters. The zero-order chi connectivity index (χ0) is 17.3. The van der Waals surface area contributed by atoms with E-state index < -0.39 is 0 Å². The second kappa shape index (κ2) is 6.61. The van der Waals surface area contributed by atoms with Crippen molar-refractivity contribution in [3.63, 3.8) is 0 Å². The van der Waals surface area contributed by atoms with E-state index in [1.807, 2.05) is 0 Å². The summed E-state index contributed by atoms with van der Waals surface area (Å²) in [5.41, 5.74) is 2.96. The molecule has 0 spiro atoms. The van der Waals surface area contributed by atoms with Crippen molar-refractivity contribution < 1.29 is 0 Å². The van der Waals surface area contributed by atoms with Crippen LogP contribution in [0.1, 0.15) is 42.7 Å². The summed E-state index contributed by atoms with van der Waals surface area (Å²) in [7, 11) is 0. The lowest BCUT2D eigenvalue weighted by molar-refractivity contribution is 0.495.